The van der Waals surface area contributed by atoms with Gasteiger partial charge in [0.15, 0.2) is 11.4 Å². The fourth-order valence-electron chi connectivity index (χ4n) is 3.43. The Labute approximate surface area is 165 Å². The van der Waals surface area contributed by atoms with E-state index in [-0.39, 0.29) is 11.8 Å². The van der Waals surface area contributed by atoms with Crippen molar-refractivity contribution < 1.29 is 14.6 Å². The Morgan fingerprint density at radius 3 is 2.86 bits per heavy atom. The molecular formula is C19H18ClN5O3. The summed E-state index contributed by atoms with van der Waals surface area (Å²) in [6.45, 7) is 4.29. The molecule has 3 aromatic heterocycles. The smallest absolute Gasteiger partial charge is 0.449 e. The van der Waals surface area contributed by atoms with Crippen LogP contribution in [-0.2, 0) is 0 Å². The summed E-state index contributed by atoms with van der Waals surface area (Å²) in [5.74, 6) is 0.526. The molecule has 3 heterocycles. The highest BCUT2D eigenvalue weighted by atomic mass is 35.5. The van der Waals surface area contributed by atoms with E-state index in [0.29, 0.717) is 22.1 Å². The van der Waals surface area contributed by atoms with Gasteiger partial charge in [-0.2, -0.15) is 5.10 Å². The lowest BCUT2D eigenvalue weighted by molar-refractivity contribution is 0.144. The number of aromatic nitrogens is 5. The first kappa shape index (κ1) is 18.2. The minimum Gasteiger partial charge on any atom is -0.449 e. The first-order valence-corrected chi connectivity index (χ1v) is 9.16. The van der Waals surface area contributed by atoms with Crippen LogP contribution in [0.3, 0.4) is 0 Å². The van der Waals surface area contributed by atoms with E-state index >= 15 is 0 Å². The maximum absolute atomic E-state index is 10.8. The van der Waals surface area contributed by atoms with Crippen LogP contribution in [-0.4, -0.2) is 36.0 Å². The number of carboxylic acid groups (broad SMARTS) is 1. The van der Waals surface area contributed by atoms with Crippen LogP contribution in [0.1, 0.15) is 31.9 Å². The van der Waals surface area contributed by atoms with Crippen LogP contribution in [0, 0.1) is 5.92 Å². The molecule has 0 saturated carbocycles. The normalized spacial score (nSPS) is 12.7. The summed E-state index contributed by atoms with van der Waals surface area (Å²) in [6, 6.07) is 5.28. The molecule has 0 fully saturated rings. The van der Waals surface area contributed by atoms with Crippen molar-refractivity contribution in [2.45, 2.75) is 26.3 Å². The number of pyridine rings is 1. The van der Waals surface area contributed by atoms with Gasteiger partial charge >= 0.3 is 6.16 Å². The van der Waals surface area contributed by atoms with Gasteiger partial charge in [0, 0.05) is 22.0 Å². The molecule has 144 valence electrons. The van der Waals surface area contributed by atoms with Crippen LogP contribution in [0.2, 0.25) is 5.02 Å². The molecule has 9 heteroatoms. The average Bonchev–Trinajstić information content (AvgIpc) is 3.24. The Balaban J connectivity index is 1.86. The topological polar surface area (TPSA) is 106 Å². The third kappa shape index (κ3) is 3.38. The zero-order valence-electron chi connectivity index (χ0n) is 15.3. The number of benzene rings is 1. The fraction of sp³-hybridized carbons (Fsp3) is 0.263. The summed E-state index contributed by atoms with van der Waals surface area (Å²) in [7, 11) is 0. The van der Waals surface area contributed by atoms with Crippen molar-refractivity contribution in [3.63, 3.8) is 0 Å². The predicted molar refractivity (Wildman–Crippen MR) is 105 cm³/mol. The third-order valence-corrected chi connectivity index (χ3v) is 4.74. The molecule has 1 unspecified atom stereocenters. The predicted octanol–water partition coefficient (Wildman–Crippen LogP) is 4.65. The molecule has 28 heavy (non-hydrogen) atoms. The highest BCUT2D eigenvalue weighted by Gasteiger charge is 2.22. The molecule has 2 N–H and O–H groups in total. The number of hydrogen-bond donors (Lipinski definition) is 2. The maximum Gasteiger partial charge on any atom is 0.511 e. The summed E-state index contributed by atoms with van der Waals surface area (Å²) in [5, 5.41) is 17.6. The van der Waals surface area contributed by atoms with E-state index in [2.05, 4.69) is 38.7 Å². The SMILES string of the molecule is CC(C)CC(c1cc(Cl)cc2cn[nH]c12)n1cnc2cc(OC(=O)O)cnc21. The molecular weight excluding hydrogens is 382 g/mol. The molecule has 1 aromatic carbocycles. The number of halogens is 1. The Kier molecular flexibility index (Phi) is 4.64. The van der Waals surface area contributed by atoms with Gasteiger partial charge in [0.05, 0.1) is 30.3 Å². The molecule has 4 aromatic rings. The fourth-order valence-corrected chi connectivity index (χ4v) is 3.67. The van der Waals surface area contributed by atoms with Crippen LogP contribution in [0.15, 0.2) is 36.9 Å². The van der Waals surface area contributed by atoms with Crippen LogP contribution in [0.5, 0.6) is 5.75 Å². The summed E-state index contributed by atoms with van der Waals surface area (Å²) >= 11 is 6.36. The molecule has 1 atom stereocenters. The van der Waals surface area contributed by atoms with Crippen molar-refractivity contribution in [2.75, 3.05) is 0 Å². The largest absolute Gasteiger partial charge is 0.511 e. The molecule has 0 spiro atoms. The monoisotopic (exact) mass is 399 g/mol. The number of hydrogen-bond acceptors (Lipinski definition) is 5. The van der Waals surface area contributed by atoms with Crippen molar-refractivity contribution in [3.05, 3.63) is 47.5 Å². The Morgan fingerprint density at radius 1 is 1.29 bits per heavy atom. The molecule has 0 bridgehead atoms. The van der Waals surface area contributed by atoms with E-state index in [0.717, 1.165) is 22.9 Å². The minimum atomic E-state index is -1.39. The van der Waals surface area contributed by atoms with Crippen LogP contribution in [0.4, 0.5) is 4.79 Å². The van der Waals surface area contributed by atoms with Gasteiger partial charge in [-0.3, -0.25) is 5.10 Å². The maximum atomic E-state index is 10.8. The van der Waals surface area contributed by atoms with Gasteiger partial charge in [-0.15, -0.1) is 0 Å². The Morgan fingerprint density at radius 2 is 2.11 bits per heavy atom. The van der Waals surface area contributed by atoms with Crippen molar-refractivity contribution >= 4 is 39.8 Å². The molecule has 0 radical (unpaired) electrons. The van der Waals surface area contributed by atoms with Crippen molar-refractivity contribution in [2.24, 2.45) is 5.92 Å². The van der Waals surface area contributed by atoms with Gasteiger partial charge < -0.3 is 14.4 Å². The van der Waals surface area contributed by atoms with E-state index in [9.17, 15) is 4.79 Å². The van der Waals surface area contributed by atoms with Gasteiger partial charge in [-0.25, -0.2) is 14.8 Å². The van der Waals surface area contributed by atoms with Crippen LogP contribution >= 0.6 is 11.6 Å². The van der Waals surface area contributed by atoms with Gasteiger partial charge in [0.2, 0.25) is 0 Å². The van der Waals surface area contributed by atoms with Gasteiger partial charge in [0.25, 0.3) is 0 Å². The van der Waals surface area contributed by atoms with Gasteiger partial charge in [-0.1, -0.05) is 25.4 Å². The number of imidazole rings is 1. The second-order valence-corrected chi connectivity index (χ2v) is 7.44. The molecule has 0 amide bonds. The highest BCUT2D eigenvalue weighted by molar-refractivity contribution is 6.31. The third-order valence-electron chi connectivity index (χ3n) is 4.53. The van der Waals surface area contributed by atoms with E-state index in [4.69, 9.17) is 16.7 Å². The molecule has 8 nitrogen and oxygen atoms in total. The molecule has 0 aliphatic carbocycles. The summed E-state index contributed by atoms with van der Waals surface area (Å²) < 4.78 is 6.66. The second-order valence-electron chi connectivity index (χ2n) is 7.01. The number of ether oxygens (including phenoxy) is 1. The number of carbonyl (C=O) groups is 1. The zero-order valence-corrected chi connectivity index (χ0v) is 16.0. The molecule has 0 aliphatic rings. The number of H-pyrrole nitrogens is 1. The van der Waals surface area contributed by atoms with Crippen molar-refractivity contribution in [3.8, 4) is 5.75 Å². The quantitative estimate of drug-likeness (QED) is 0.473. The lowest BCUT2D eigenvalue weighted by Gasteiger charge is -2.22. The lowest BCUT2D eigenvalue weighted by Crippen LogP contribution is -2.14. The number of nitrogens with one attached hydrogen (secondary N) is 1. The lowest BCUT2D eigenvalue weighted by atomic mass is 9.95. The van der Waals surface area contributed by atoms with Crippen LogP contribution in [0.25, 0.3) is 22.1 Å². The molecule has 4 rings (SSSR count). The van der Waals surface area contributed by atoms with Gasteiger partial charge in [-0.05, 0) is 24.5 Å². The first-order valence-electron chi connectivity index (χ1n) is 8.78. The highest BCUT2D eigenvalue weighted by Crippen LogP contribution is 2.35. The zero-order chi connectivity index (χ0) is 19.8. The first-order chi connectivity index (χ1) is 13.4. The number of rotatable bonds is 5. The van der Waals surface area contributed by atoms with Crippen molar-refractivity contribution in [1.82, 2.24) is 24.7 Å². The minimum absolute atomic E-state index is 0.0783. The standard InChI is InChI=1S/C19H18ClN5O3/c1-10(2)3-16(14-5-12(20)4-11-7-23-24-17(11)14)25-9-22-15-6-13(28-19(26)27)8-21-18(15)25/h4-10,16H,3H2,1-2H3,(H,23,24)(H,26,27). The van der Waals surface area contributed by atoms with Gasteiger partial charge in [0.1, 0.15) is 5.52 Å². The average molecular weight is 400 g/mol. The molecule has 0 aliphatic heterocycles. The van der Waals surface area contributed by atoms with Crippen molar-refractivity contribution in [1.29, 1.82) is 0 Å². The number of nitrogens with zero attached hydrogens (tertiary/aromatic N) is 4. The number of aromatic amines is 1. The van der Waals surface area contributed by atoms with E-state index in [1.807, 2.05) is 16.7 Å². The van der Waals surface area contributed by atoms with Crippen LogP contribution < -0.4 is 4.74 Å². The van der Waals surface area contributed by atoms with E-state index in [1.54, 1.807) is 18.6 Å². The Bertz CT molecular complexity index is 1170. The summed E-state index contributed by atoms with van der Waals surface area (Å²) in [4.78, 5) is 19.5. The summed E-state index contributed by atoms with van der Waals surface area (Å²) in [6.07, 6.45) is 4.27. The second kappa shape index (κ2) is 7.12. The Hall–Kier alpha value is -3.13. The van der Waals surface area contributed by atoms with E-state index < -0.39 is 6.16 Å². The molecule has 0 saturated heterocycles. The van der Waals surface area contributed by atoms with E-state index in [1.165, 1.54) is 6.20 Å². The summed E-state index contributed by atoms with van der Waals surface area (Å²) in [5.41, 5.74) is 3.11. The number of fused-ring (bicyclic) bond motifs is 2.